The maximum Gasteiger partial charge on any atom is 0.142 e. The molecule has 0 amide bonds. The van der Waals surface area contributed by atoms with E-state index in [1.165, 1.54) is 5.56 Å². The average Bonchev–Trinajstić information content (AvgIpc) is 3.09. The quantitative estimate of drug-likeness (QED) is 0.849. The highest BCUT2D eigenvalue weighted by atomic mass is 16.5. The highest BCUT2D eigenvalue weighted by Gasteiger charge is 2.43. The first kappa shape index (κ1) is 12.2. The molecule has 1 aromatic rings. The van der Waals surface area contributed by atoms with Gasteiger partial charge in [0, 0.05) is 19.0 Å². The molecule has 0 unspecified atom stereocenters. The molecule has 0 spiro atoms. The van der Waals surface area contributed by atoms with Crippen molar-refractivity contribution in [3.63, 3.8) is 0 Å². The second-order valence-corrected chi connectivity index (χ2v) is 5.19. The molecule has 0 saturated heterocycles. The topological polar surface area (TPSA) is 32.7 Å². The molecule has 3 heteroatoms. The third kappa shape index (κ3) is 2.55. The normalized spacial score (nSPS) is 16.7. The molecular weight excluding hydrogens is 214 g/mol. The van der Waals surface area contributed by atoms with Gasteiger partial charge in [-0.3, -0.25) is 0 Å². The van der Waals surface area contributed by atoms with Crippen LogP contribution in [0.25, 0.3) is 0 Å². The van der Waals surface area contributed by atoms with E-state index in [4.69, 9.17) is 4.74 Å². The van der Waals surface area contributed by atoms with Crippen LogP contribution in [0.3, 0.4) is 0 Å². The van der Waals surface area contributed by atoms with Crippen molar-refractivity contribution in [3.8, 4) is 5.75 Å². The Balaban J connectivity index is 2.17. The maximum absolute atomic E-state index is 9.38. The van der Waals surface area contributed by atoms with E-state index >= 15 is 0 Å². The summed E-state index contributed by atoms with van der Waals surface area (Å²) in [7, 11) is 3.76. The number of benzene rings is 1. The van der Waals surface area contributed by atoms with Gasteiger partial charge < -0.3 is 14.7 Å². The lowest BCUT2D eigenvalue weighted by molar-refractivity contribution is 0.215. The summed E-state index contributed by atoms with van der Waals surface area (Å²) in [6.07, 6.45) is 2.25. The van der Waals surface area contributed by atoms with Gasteiger partial charge >= 0.3 is 0 Å². The first-order chi connectivity index (χ1) is 8.10. The SMILES string of the molecule is COc1ccc(C)cc1N(C)CC1(CO)CC1. The number of hydrogen-bond donors (Lipinski definition) is 1. The molecule has 0 bridgehead atoms. The molecule has 0 atom stereocenters. The summed E-state index contributed by atoms with van der Waals surface area (Å²) < 4.78 is 5.39. The Morgan fingerprint density at radius 3 is 2.65 bits per heavy atom. The fourth-order valence-corrected chi connectivity index (χ4v) is 2.23. The van der Waals surface area contributed by atoms with Crippen molar-refractivity contribution in [1.29, 1.82) is 0 Å². The Hall–Kier alpha value is -1.22. The van der Waals surface area contributed by atoms with Gasteiger partial charge in [0.05, 0.1) is 19.4 Å². The summed E-state index contributed by atoms with van der Waals surface area (Å²) in [5.74, 6) is 0.895. The maximum atomic E-state index is 9.38. The molecule has 0 aliphatic heterocycles. The van der Waals surface area contributed by atoms with Crippen LogP contribution < -0.4 is 9.64 Å². The average molecular weight is 235 g/mol. The van der Waals surface area contributed by atoms with Gasteiger partial charge in [-0.2, -0.15) is 0 Å². The van der Waals surface area contributed by atoms with E-state index in [-0.39, 0.29) is 12.0 Å². The fraction of sp³-hybridized carbons (Fsp3) is 0.571. The van der Waals surface area contributed by atoms with Gasteiger partial charge in [-0.1, -0.05) is 6.07 Å². The molecule has 1 aliphatic rings. The van der Waals surface area contributed by atoms with Gasteiger partial charge in [-0.25, -0.2) is 0 Å². The van der Waals surface area contributed by atoms with Gasteiger partial charge in [0.15, 0.2) is 0 Å². The summed E-state index contributed by atoms with van der Waals surface area (Å²) in [5.41, 5.74) is 2.46. The van der Waals surface area contributed by atoms with Crippen LogP contribution in [-0.2, 0) is 0 Å². The minimum Gasteiger partial charge on any atom is -0.495 e. The van der Waals surface area contributed by atoms with Crippen molar-refractivity contribution in [2.75, 3.05) is 32.2 Å². The molecule has 0 radical (unpaired) electrons. The lowest BCUT2D eigenvalue weighted by Gasteiger charge is -2.26. The summed E-state index contributed by atoms with van der Waals surface area (Å²) in [6, 6.07) is 6.18. The minimum atomic E-state index is 0.128. The lowest BCUT2D eigenvalue weighted by atomic mass is 10.1. The lowest BCUT2D eigenvalue weighted by Crippen LogP contribution is -2.29. The second-order valence-electron chi connectivity index (χ2n) is 5.19. The number of ether oxygens (including phenoxy) is 1. The van der Waals surface area contributed by atoms with Crippen molar-refractivity contribution in [1.82, 2.24) is 0 Å². The molecule has 1 aliphatic carbocycles. The van der Waals surface area contributed by atoms with E-state index < -0.39 is 0 Å². The van der Waals surface area contributed by atoms with E-state index in [9.17, 15) is 5.11 Å². The molecule has 3 nitrogen and oxygen atoms in total. The van der Waals surface area contributed by atoms with Crippen molar-refractivity contribution < 1.29 is 9.84 Å². The van der Waals surface area contributed by atoms with E-state index in [0.29, 0.717) is 0 Å². The monoisotopic (exact) mass is 235 g/mol. The summed E-state index contributed by atoms with van der Waals surface area (Å²) in [5, 5.41) is 9.38. The van der Waals surface area contributed by atoms with Gasteiger partial charge in [-0.15, -0.1) is 0 Å². The van der Waals surface area contributed by atoms with Crippen LogP contribution in [0, 0.1) is 12.3 Å². The first-order valence-electron chi connectivity index (χ1n) is 6.07. The van der Waals surface area contributed by atoms with Crippen LogP contribution in [0.2, 0.25) is 0 Å². The van der Waals surface area contributed by atoms with Crippen LogP contribution in [-0.4, -0.2) is 32.4 Å². The largest absolute Gasteiger partial charge is 0.495 e. The number of anilines is 1. The molecule has 1 saturated carbocycles. The highest BCUT2D eigenvalue weighted by Crippen LogP contribution is 2.46. The van der Waals surface area contributed by atoms with Crippen LogP contribution in [0.4, 0.5) is 5.69 Å². The highest BCUT2D eigenvalue weighted by molar-refractivity contribution is 5.59. The number of aliphatic hydroxyl groups is 1. The zero-order chi connectivity index (χ0) is 12.5. The number of methoxy groups -OCH3 is 1. The standard InChI is InChI=1S/C14H21NO2/c1-11-4-5-13(17-3)12(8-11)15(2)9-14(10-16)6-7-14/h4-5,8,16H,6-7,9-10H2,1-3H3. The third-order valence-corrected chi connectivity index (χ3v) is 3.61. The van der Waals surface area contributed by atoms with Crippen LogP contribution in [0.1, 0.15) is 18.4 Å². The number of nitrogens with zero attached hydrogens (tertiary/aromatic N) is 1. The Morgan fingerprint density at radius 2 is 2.12 bits per heavy atom. The first-order valence-corrected chi connectivity index (χ1v) is 6.07. The van der Waals surface area contributed by atoms with Crippen molar-refractivity contribution in [2.45, 2.75) is 19.8 Å². The van der Waals surface area contributed by atoms with Gasteiger partial charge in [0.25, 0.3) is 0 Å². The third-order valence-electron chi connectivity index (χ3n) is 3.61. The van der Waals surface area contributed by atoms with Crippen molar-refractivity contribution in [2.24, 2.45) is 5.41 Å². The van der Waals surface area contributed by atoms with E-state index in [1.54, 1.807) is 7.11 Å². The molecule has 94 valence electrons. The predicted octanol–water partition coefficient (Wildman–Crippen LogP) is 2.21. The van der Waals surface area contributed by atoms with Crippen LogP contribution in [0.15, 0.2) is 18.2 Å². The molecule has 0 aromatic heterocycles. The molecule has 1 N–H and O–H groups in total. The molecule has 2 rings (SSSR count). The Labute approximate surface area is 103 Å². The van der Waals surface area contributed by atoms with E-state index in [1.807, 2.05) is 6.07 Å². The van der Waals surface area contributed by atoms with Crippen molar-refractivity contribution in [3.05, 3.63) is 23.8 Å². The van der Waals surface area contributed by atoms with Crippen LogP contribution >= 0.6 is 0 Å². The van der Waals surface area contributed by atoms with E-state index in [2.05, 4.69) is 31.0 Å². The second kappa shape index (κ2) is 4.57. The Morgan fingerprint density at radius 1 is 1.41 bits per heavy atom. The zero-order valence-electron chi connectivity index (χ0n) is 10.9. The Kier molecular flexibility index (Phi) is 3.29. The number of rotatable bonds is 5. The van der Waals surface area contributed by atoms with Crippen LogP contribution in [0.5, 0.6) is 5.75 Å². The number of hydrogen-bond acceptors (Lipinski definition) is 3. The summed E-state index contributed by atoms with van der Waals surface area (Å²) in [6.45, 7) is 3.25. The van der Waals surface area contributed by atoms with Gasteiger partial charge in [-0.05, 0) is 37.5 Å². The minimum absolute atomic E-state index is 0.128. The molecule has 0 heterocycles. The predicted molar refractivity (Wildman–Crippen MR) is 69.8 cm³/mol. The molecular formula is C14H21NO2. The number of aliphatic hydroxyl groups excluding tert-OH is 1. The number of aryl methyl sites for hydroxylation is 1. The Bertz CT molecular complexity index is 399. The van der Waals surface area contributed by atoms with Gasteiger partial charge in [0.2, 0.25) is 0 Å². The molecule has 1 fully saturated rings. The van der Waals surface area contributed by atoms with Gasteiger partial charge in [0.1, 0.15) is 5.75 Å². The smallest absolute Gasteiger partial charge is 0.142 e. The molecule has 17 heavy (non-hydrogen) atoms. The fourth-order valence-electron chi connectivity index (χ4n) is 2.23. The summed E-state index contributed by atoms with van der Waals surface area (Å²) >= 11 is 0. The summed E-state index contributed by atoms with van der Waals surface area (Å²) in [4.78, 5) is 2.19. The zero-order valence-corrected chi connectivity index (χ0v) is 10.9. The van der Waals surface area contributed by atoms with Crippen molar-refractivity contribution >= 4 is 5.69 Å². The van der Waals surface area contributed by atoms with E-state index in [0.717, 1.165) is 30.8 Å². The molecule has 1 aromatic carbocycles.